The molecule has 3 rings (SSSR count). The van der Waals surface area contributed by atoms with Crippen LogP contribution < -0.4 is 9.62 Å². The second kappa shape index (κ2) is 8.81. The van der Waals surface area contributed by atoms with Crippen LogP contribution in [0.4, 0.5) is 20.2 Å². The van der Waals surface area contributed by atoms with Crippen LogP contribution in [-0.2, 0) is 10.0 Å². The zero-order valence-electron chi connectivity index (χ0n) is 15.8. The fourth-order valence-corrected chi connectivity index (χ4v) is 4.87. The number of rotatable bonds is 6. The van der Waals surface area contributed by atoms with Crippen LogP contribution in [0.25, 0.3) is 0 Å². The molecule has 1 N–H and O–H groups in total. The maximum Gasteiger partial charge on any atom is 0.265 e. The molecule has 0 aliphatic carbocycles. The van der Waals surface area contributed by atoms with Crippen molar-refractivity contribution in [1.29, 1.82) is 0 Å². The normalized spacial score (nSPS) is 11.2. The van der Waals surface area contributed by atoms with Crippen molar-refractivity contribution < 1.29 is 22.0 Å². The molecule has 0 spiro atoms. The quantitative estimate of drug-likeness (QED) is 0.569. The van der Waals surface area contributed by atoms with E-state index in [0.29, 0.717) is 5.69 Å². The number of benzene rings is 3. The summed E-state index contributed by atoms with van der Waals surface area (Å²) in [7, 11) is -4.07. The van der Waals surface area contributed by atoms with Crippen LogP contribution in [0.3, 0.4) is 0 Å². The van der Waals surface area contributed by atoms with Crippen LogP contribution in [-0.4, -0.2) is 20.9 Å². The molecule has 0 heterocycles. The third kappa shape index (κ3) is 4.29. The van der Waals surface area contributed by atoms with Gasteiger partial charge >= 0.3 is 0 Å². The maximum absolute atomic E-state index is 13.9. The van der Waals surface area contributed by atoms with Crippen molar-refractivity contribution in [3.63, 3.8) is 0 Å². The van der Waals surface area contributed by atoms with E-state index in [1.165, 1.54) is 12.1 Å². The number of carbonyl (C=O) groups is 1. The second-order valence-electron chi connectivity index (χ2n) is 6.20. The number of hydrogen-bond donors (Lipinski definition) is 1. The van der Waals surface area contributed by atoms with Gasteiger partial charge in [0.2, 0.25) is 0 Å². The molecule has 0 radical (unpaired) electrons. The molecule has 0 fully saturated rings. The van der Waals surface area contributed by atoms with Gasteiger partial charge in [0, 0.05) is 12.2 Å². The topological polar surface area (TPSA) is 66.5 Å². The first-order chi connectivity index (χ1) is 14.3. The van der Waals surface area contributed by atoms with Gasteiger partial charge in [0.25, 0.3) is 15.9 Å². The third-order valence-corrected chi connectivity index (χ3v) is 6.66. The summed E-state index contributed by atoms with van der Waals surface area (Å²) in [6.07, 6.45) is 0. The standard InChI is InChI=1S/C21H17ClF2N2O3S/c1-2-26(15-7-4-3-5-8-15)30(28,29)19-13-14(11-12-16(19)22)25-21(27)20-17(23)9-6-10-18(20)24/h3-13H,2H2,1H3,(H,25,27). The largest absolute Gasteiger partial charge is 0.322 e. The highest BCUT2D eigenvalue weighted by molar-refractivity contribution is 7.93. The van der Waals surface area contributed by atoms with Crippen LogP contribution in [0, 0.1) is 11.6 Å². The van der Waals surface area contributed by atoms with Crippen LogP contribution in [0.5, 0.6) is 0 Å². The lowest BCUT2D eigenvalue weighted by molar-refractivity contribution is 0.101. The molecule has 3 aromatic rings. The number of nitrogens with one attached hydrogen (secondary N) is 1. The summed E-state index contributed by atoms with van der Waals surface area (Å²) in [4.78, 5) is 12.1. The molecule has 0 saturated carbocycles. The van der Waals surface area contributed by atoms with Crippen LogP contribution in [0.2, 0.25) is 5.02 Å². The van der Waals surface area contributed by atoms with Crippen molar-refractivity contribution >= 4 is 38.9 Å². The Morgan fingerprint density at radius 2 is 1.63 bits per heavy atom. The van der Waals surface area contributed by atoms with E-state index in [1.54, 1.807) is 37.3 Å². The zero-order chi connectivity index (χ0) is 21.9. The SMILES string of the molecule is CCN(c1ccccc1)S(=O)(=O)c1cc(NC(=O)c2c(F)cccc2F)ccc1Cl. The minimum Gasteiger partial charge on any atom is -0.322 e. The van der Waals surface area contributed by atoms with Crippen LogP contribution >= 0.6 is 11.6 Å². The number of carbonyl (C=O) groups excluding carboxylic acids is 1. The summed E-state index contributed by atoms with van der Waals surface area (Å²) < 4.78 is 55.3. The highest BCUT2D eigenvalue weighted by Crippen LogP contribution is 2.31. The first-order valence-electron chi connectivity index (χ1n) is 8.88. The smallest absolute Gasteiger partial charge is 0.265 e. The molecule has 156 valence electrons. The number of nitrogens with zero attached hydrogens (tertiary/aromatic N) is 1. The van der Waals surface area contributed by atoms with Gasteiger partial charge in [0.1, 0.15) is 22.1 Å². The highest BCUT2D eigenvalue weighted by Gasteiger charge is 2.27. The van der Waals surface area contributed by atoms with Crippen LogP contribution in [0.15, 0.2) is 71.6 Å². The average Bonchev–Trinajstić information content (AvgIpc) is 2.70. The zero-order valence-corrected chi connectivity index (χ0v) is 17.3. The van der Waals surface area contributed by atoms with Gasteiger partial charge in [-0.15, -0.1) is 0 Å². The van der Waals surface area contributed by atoms with E-state index >= 15 is 0 Å². The molecule has 0 bridgehead atoms. The first kappa shape index (κ1) is 21.7. The summed E-state index contributed by atoms with van der Waals surface area (Å²) in [6, 6.07) is 15.3. The van der Waals surface area contributed by atoms with E-state index < -0.39 is 33.1 Å². The Hall–Kier alpha value is -2.97. The van der Waals surface area contributed by atoms with E-state index in [9.17, 15) is 22.0 Å². The van der Waals surface area contributed by atoms with Gasteiger partial charge < -0.3 is 5.32 Å². The molecule has 0 aromatic heterocycles. The Bertz CT molecular complexity index is 1170. The van der Waals surface area contributed by atoms with Crippen molar-refractivity contribution in [2.75, 3.05) is 16.2 Å². The number of hydrogen-bond acceptors (Lipinski definition) is 3. The van der Waals surface area contributed by atoms with Gasteiger partial charge in [0.15, 0.2) is 0 Å². The number of anilines is 2. The van der Waals surface area contributed by atoms with E-state index in [4.69, 9.17) is 11.6 Å². The van der Waals surface area contributed by atoms with E-state index in [0.717, 1.165) is 28.6 Å². The van der Waals surface area contributed by atoms with E-state index in [-0.39, 0.29) is 22.2 Å². The third-order valence-electron chi connectivity index (χ3n) is 4.28. The number of para-hydroxylation sites is 1. The van der Waals surface area contributed by atoms with Gasteiger partial charge in [-0.2, -0.15) is 0 Å². The molecule has 0 aliphatic heterocycles. The lowest BCUT2D eigenvalue weighted by Gasteiger charge is -2.23. The van der Waals surface area contributed by atoms with Gasteiger partial charge in [-0.05, 0) is 49.4 Å². The molecule has 30 heavy (non-hydrogen) atoms. The highest BCUT2D eigenvalue weighted by atomic mass is 35.5. The van der Waals surface area contributed by atoms with E-state index in [1.807, 2.05) is 0 Å². The molecule has 9 heteroatoms. The van der Waals surface area contributed by atoms with Crippen molar-refractivity contribution in [3.05, 3.63) is 89.0 Å². The van der Waals surface area contributed by atoms with E-state index in [2.05, 4.69) is 5.32 Å². The fourth-order valence-electron chi connectivity index (χ4n) is 2.89. The minimum absolute atomic E-state index is 0.0229. The Labute approximate surface area is 178 Å². The van der Waals surface area contributed by atoms with Crippen molar-refractivity contribution in [1.82, 2.24) is 0 Å². The average molecular weight is 451 g/mol. The molecule has 5 nitrogen and oxygen atoms in total. The summed E-state index contributed by atoms with van der Waals surface area (Å²) in [5.41, 5.74) is -0.301. The summed E-state index contributed by atoms with van der Waals surface area (Å²) in [5.74, 6) is -3.11. The summed E-state index contributed by atoms with van der Waals surface area (Å²) >= 11 is 6.13. The van der Waals surface area contributed by atoms with Gasteiger partial charge in [-0.3, -0.25) is 9.10 Å². The monoisotopic (exact) mass is 450 g/mol. The Morgan fingerprint density at radius 1 is 1.00 bits per heavy atom. The summed E-state index contributed by atoms with van der Waals surface area (Å²) in [6.45, 7) is 1.81. The van der Waals surface area contributed by atoms with Gasteiger partial charge in [-0.1, -0.05) is 35.9 Å². The molecule has 3 aromatic carbocycles. The molecular formula is C21H17ClF2N2O3S. The molecule has 0 atom stereocenters. The molecule has 0 saturated heterocycles. The molecule has 0 unspecified atom stereocenters. The minimum atomic E-state index is -4.07. The molecule has 1 amide bonds. The fraction of sp³-hybridized carbons (Fsp3) is 0.0952. The Morgan fingerprint density at radius 3 is 2.23 bits per heavy atom. The predicted molar refractivity (Wildman–Crippen MR) is 112 cm³/mol. The second-order valence-corrected chi connectivity index (χ2v) is 8.44. The summed E-state index contributed by atoms with van der Waals surface area (Å²) in [5, 5.41) is 2.26. The first-order valence-corrected chi connectivity index (χ1v) is 10.7. The predicted octanol–water partition coefficient (Wildman–Crippen LogP) is 5.09. The van der Waals surface area contributed by atoms with Gasteiger partial charge in [-0.25, -0.2) is 17.2 Å². The number of sulfonamides is 1. The Balaban J connectivity index is 1.98. The number of amides is 1. The Kier molecular flexibility index (Phi) is 6.38. The van der Waals surface area contributed by atoms with Gasteiger partial charge in [0.05, 0.1) is 10.7 Å². The lowest BCUT2D eigenvalue weighted by Crippen LogP contribution is -2.31. The van der Waals surface area contributed by atoms with Crippen molar-refractivity contribution in [2.24, 2.45) is 0 Å². The number of halogens is 3. The van der Waals surface area contributed by atoms with Crippen molar-refractivity contribution in [2.45, 2.75) is 11.8 Å². The lowest BCUT2D eigenvalue weighted by atomic mass is 10.2. The molecular weight excluding hydrogens is 434 g/mol. The van der Waals surface area contributed by atoms with Crippen molar-refractivity contribution in [3.8, 4) is 0 Å². The maximum atomic E-state index is 13.9. The van der Waals surface area contributed by atoms with Crippen LogP contribution in [0.1, 0.15) is 17.3 Å². The molecule has 0 aliphatic rings.